The van der Waals surface area contributed by atoms with Gasteiger partial charge in [0.25, 0.3) is 0 Å². The van der Waals surface area contributed by atoms with E-state index in [-0.39, 0.29) is 5.75 Å². The van der Waals surface area contributed by atoms with Gasteiger partial charge in [-0.3, -0.25) is 0 Å². The minimum Gasteiger partial charge on any atom is -0.385 e. The Morgan fingerprint density at radius 1 is 1.21 bits per heavy atom. The molecule has 0 atom stereocenters. The van der Waals surface area contributed by atoms with Crippen molar-refractivity contribution in [2.24, 2.45) is 5.92 Å². The highest BCUT2D eigenvalue weighted by atomic mass is 32.2. The first-order valence-corrected chi connectivity index (χ1v) is 8.41. The van der Waals surface area contributed by atoms with Gasteiger partial charge < -0.3 is 10.1 Å². The summed E-state index contributed by atoms with van der Waals surface area (Å²) in [6.07, 6.45) is 2.19. The Balaban J connectivity index is 1.91. The fourth-order valence-corrected chi connectivity index (χ4v) is 3.04. The van der Waals surface area contributed by atoms with E-state index in [1.807, 2.05) is 12.1 Å². The number of ether oxygens (including phenoxy) is 1. The first kappa shape index (κ1) is 14.3. The van der Waals surface area contributed by atoms with Crippen LogP contribution in [0.3, 0.4) is 0 Å². The Hall–Kier alpha value is -1.07. The molecule has 0 aliphatic carbocycles. The highest BCUT2D eigenvalue weighted by Crippen LogP contribution is 2.18. The van der Waals surface area contributed by atoms with E-state index >= 15 is 0 Å². The SMILES string of the molecule is CCS(=O)(=O)c1ccc(NCC2CCOCC2)cc1. The van der Waals surface area contributed by atoms with E-state index < -0.39 is 9.84 Å². The predicted molar refractivity (Wildman–Crippen MR) is 76.2 cm³/mol. The number of benzene rings is 1. The van der Waals surface area contributed by atoms with Crippen molar-refractivity contribution in [1.82, 2.24) is 0 Å². The molecular weight excluding hydrogens is 262 g/mol. The third-order valence-electron chi connectivity index (χ3n) is 3.53. The highest BCUT2D eigenvalue weighted by Gasteiger charge is 2.14. The zero-order chi connectivity index (χ0) is 13.7. The second-order valence-electron chi connectivity index (χ2n) is 4.86. The van der Waals surface area contributed by atoms with Gasteiger partial charge in [0.1, 0.15) is 0 Å². The van der Waals surface area contributed by atoms with Crippen LogP contribution in [0.5, 0.6) is 0 Å². The summed E-state index contributed by atoms with van der Waals surface area (Å²) < 4.78 is 28.7. The average Bonchev–Trinajstić information content (AvgIpc) is 2.47. The van der Waals surface area contributed by atoms with Gasteiger partial charge in [-0.1, -0.05) is 6.92 Å². The number of hydrogen-bond acceptors (Lipinski definition) is 4. The predicted octanol–water partition coefficient (Wildman–Crippen LogP) is 2.32. The summed E-state index contributed by atoms with van der Waals surface area (Å²) in [5, 5.41) is 3.36. The molecule has 106 valence electrons. The monoisotopic (exact) mass is 283 g/mol. The van der Waals surface area contributed by atoms with Gasteiger partial charge in [-0.05, 0) is 43.0 Å². The van der Waals surface area contributed by atoms with Gasteiger partial charge >= 0.3 is 0 Å². The first-order chi connectivity index (χ1) is 9.12. The smallest absolute Gasteiger partial charge is 0.178 e. The molecule has 0 aromatic heterocycles. The van der Waals surface area contributed by atoms with E-state index in [4.69, 9.17) is 4.74 Å². The van der Waals surface area contributed by atoms with E-state index in [2.05, 4.69) is 5.32 Å². The van der Waals surface area contributed by atoms with Gasteiger partial charge in [-0.15, -0.1) is 0 Å². The summed E-state index contributed by atoms with van der Waals surface area (Å²) in [4.78, 5) is 0.395. The number of sulfone groups is 1. The van der Waals surface area contributed by atoms with Crippen LogP contribution in [0.15, 0.2) is 29.2 Å². The number of rotatable bonds is 5. The zero-order valence-electron chi connectivity index (χ0n) is 11.3. The second-order valence-corrected chi connectivity index (χ2v) is 7.14. The summed E-state index contributed by atoms with van der Waals surface area (Å²) in [5.74, 6) is 0.787. The number of hydrogen-bond donors (Lipinski definition) is 1. The van der Waals surface area contributed by atoms with Crippen LogP contribution < -0.4 is 5.32 Å². The van der Waals surface area contributed by atoms with E-state index in [0.717, 1.165) is 38.3 Å². The van der Waals surface area contributed by atoms with Crippen LogP contribution in [0.2, 0.25) is 0 Å². The Labute approximate surface area is 115 Å². The summed E-state index contributed by atoms with van der Waals surface area (Å²) in [6.45, 7) is 4.27. The number of nitrogens with one attached hydrogen (secondary N) is 1. The normalized spacial score (nSPS) is 17.3. The molecule has 0 radical (unpaired) electrons. The third-order valence-corrected chi connectivity index (χ3v) is 5.28. The van der Waals surface area contributed by atoms with Gasteiger partial charge in [0.2, 0.25) is 0 Å². The van der Waals surface area contributed by atoms with E-state index in [9.17, 15) is 8.42 Å². The summed E-state index contributed by atoms with van der Waals surface area (Å²) in [6, 6.07) is 7.01. The quantitative estimate of drug-likeness (QED) is 0.901. The van der Waals surface area contributed by atoms with Crippen LogP contribution in [-0.4, -0.2) is 33.9 Å². The molecule has 4 nitrogen and oxygen atoms in total. The summed E-state index contributed by atoms with van der Waals surface area (Å²) in [7, 11) is -3.09. The van der Waals surface area contributed by atoms with E-state index in [1.54, 1.807) is 19.1 Å². The summed E-state index contributed by atoms with van der Waals surface area (Å²) >= 11 is 0. The lowest BCUT2D eigenvalue weighted by molar-refractivity contribution is 0.0699. The standard InChI is InChI=1S/C14H21NO3S/c1-2-19(16,17)14-5-3-13(4-6-14)15-11-12-7-9-18-10-8-12/h3-6,12,15H,2,7-11H2,1H3. The molecule has 0 bridgehead atoms. The molecule has 1 aliphatic rings. The molecule has 19 heavy (non-hydrogen) atoms. The fourth-order valence-electron chi connectivity index (χ4n) is 2.16. The maximum Gasteiger partial charge on any atom is 0.178 e. The zero-order valence-corrected chi connectivity index (χ0v) is 12.1. The van der Waals surface area contributed by atoms with E-state index in [0.29, 0.717) is 10.8 Å². The van der Waals surface area contributed by atoms with Gasteiger partial charge in [-0.2, -0.15) is 0 Å². The molecule has 1 aliphatic heterocycles. The van der Waals surface area contributed by atoms with Crippen LogP contribution >= 0.6 is 0 Å². The average molecular weight is 283 g/mol. The maximum atomic E-state index is 11.7. The lowest BCUT2D eigenvalue weighted by Gasteiger charge is -2.22. The minimum absolute atomic E-state index is 0.141. The van der Waals surface area contributed by atoms with Crippen molar-refractivity contribution in [2.45, 2.75) is 24.7 Å². The van der Waals surface area contributed by atoms with Gasteiger partial charge in [0.15, 0.2) is 9.84 Å². The van der Waals surface area contributed by atoms with E-state index in [1.165, 1.54) is 0 Å². The van der Waals surface area contributed by atoms with Gasteiger partial charge in [0.05, 0.1) is 10.6 Å². The third kappa shape index (κ3) is 3.94. The molecule has 0 saturated carbocycles. The summed E-state index contributed by atoms with van der Waals surface area (Å²) in [5.41, 5.74) is 0.974. The molecule has 2 rings (SSSR count). The van der Waals surface area contributed by atoms with Crippen molar-refractivity contribution in [2.75, 3.05) is 30.8 Å². The molecule has 0 spiro atoms. The molecule has 1 aromatic rings. The molecule has 5 heteroatoms. The molecule has 1 aromatic carbocycles. The van der Waals surface area contributed by atoms with Crippen molar-refractivity contribution in [3.05, 3.63) is 24.3 Å². The van der Waals surface area contributed by atoms with Crippen molar-refractivity contribution in [3.63, 3.8) is 0 Å². The largest absolute Gasteiger partial charge is 0.385 e. The molecule has 1 saturated heterocycles. The van der Waals surface area contributed by atoms with Crippen molar-refractivity contribution in [3.8, 4) is 0 Å². The molecule has 0 amide bonds. The first-order valence-electron chi connectivity index (χ1n) is 6.76. The van der Waals surface area contributed by atoms with Crippen molar-refractivity contribution >= 4 is 15.5 Å². The van der Waals surface area contributed by atoms with Crippen LogP contribution in [-0.2, 0) is 14.6 Å². The van der Waals surface area contributed by atoms with Crippen LogP contribution in [0.25, 0.3) is 0 Å². The Kier molecular flexibility index (Phi) is 4.82. The lowest BCUT2D eigenvalue weighted by Crippen LogP contribution is -2.22. The van der Waals surface area contributed by atoms with Crippen LogP contribution in [0.4, 0.5) is 5.69 Å². The fraction of sp³-hybridized carbons (Fsp3) is 0.571. The maximum absolute atomic E-state index is 11.7. The molecule has 1 fully saturated rings. The van der Waals surface area contributed by atoms with Crippen molar-refractivity contribution < 1.29 is 13.2 Å². The van der Waals surface area contributed by atoms with Gasteiger partial charge in [-0.25, -0.2) is 8.42 Å². The van der Waals surface area contributed by atoms with Crippen LogP contribution in [0.1, 0.15) is 19.8 Å². The molecule has 1 heterocycles. The molecule has 0 unspecified atom stereocenters. The van der Waals surface area contributed by atoms with Crippen molar-refractivity contribution in [1.29, 1.82) is 0 Å². The minimum atomic E-state index is -3.09. The molecular formula is C14H21NO3S. The van der Waals surface area contributed by atoms with Gasteiger partial charge in [0, 0.05) is 25.4 Å². The van der Waals surface area contributed by atoms with Crippen LogP contribution in [0, 0.1) is 5.92 Å². The second kappa shape index (κ2) is 6.39. The Bertz CT molecular complexity index is 490. The Morgan fingerprint density at radius 3 is 2.42 bits per heavy atom. The Morgan fingerprint density at radius 2 is 1.84 bits per heavy atom. The molecule has 1 N–H and O–H groups in total. The topological polar surface area (TPSA) is 55.4 Å². The highest BCUT2D eigenvalue weighted by molar-refractivity contribution is 7.91. The lowest BCUT2D eigenvalue weighted by atomic mass is 10.0. The number of anilines is 1.